The highest BCUT2D eigenvalue weighted by Gasteiger charge is 2.17. The van der Waals surface area contributed by atoms with Gasteiger partial charge in [0.25, 0.3) is 0 Å². The van der Waals surface area contributed by atoms with Gasteiger partial charge in [-0.2, -0.15) is 0 Å². The Balaban J connectivity index is 2.36. The third kappa shape index (κ3) is 3.73. The summed E-state index contributed by atoms with van der Waals surface area (Å²) in [6.07, 6.45) is 4.61. The number of pyridine rings is 1. The second-order valence-electron chi connectivity index (χ2n) is 4.78. The maximum absolute atomic E-state index is 5.45. The number of aromatic nitrogens is 1. The molecule has 4 heteroatoms. The van der Waals surface area contributed by atoms with Gasteiger partial charge in [0.05, 0.1) is 26.5 Å². The topological polar surface area (TPSA) is 43.4 Å². The molecule has 21 heavy (non-hydrogen) atoms. The molecule has 0 radical (unpaired) electrons. The van der Waals surface area contributed by atoms with Gasteiger partial charge in [-0.1, -0.05) is 19.1 Å². The Hall–Kier alpha value is -2.07. The maximum Gasteiger partial charge on any atom is 0.142 e. The number of methoxy groups -OCH3 is 2. The summed E-state index contributed by atoms with van der Waals surface area (Å²) in [6.45, 7) is 3.09. The van der Waals surface area contributed by atoms with E-state index in [1.54, 1.807) is 26.6 Å². The van der Waals surface area contributed by atoms with Crippen LogP contribution in [-0.2, 0) is 0 Å². The summed E-state index contributed by atoms with van der Waals surface area (Å²) in [7, 11) is 3.35. The summed E-state index contributed by atoms with van der Waals surface area (Å²) < 4.78 is 10.7. The lowest BCUT2D eigenvalue weighted by Gasteiger charge is -2.21. The molecule has 112 valence electrons. The number of ether oxygens (including phenoxy) is 2. The van der Waals surface area contributed by atoms with Crippen LogP contribution in [0.1, 0.15) is 30.5 Å². The molecule has 0 aliphatic heterocycles. The minimum Gasteiger partial charge on any atom is -0.497 e. The van der Waals surface area contributed by atoms with Crippen molar-refractivity contribution in [3.63, 3.8) is 0 Å². The van der Waals surface area contributed by atoms with Crippen molar-refractivity contribution < 1.29 is 9.47 Å². The molecule has 1 unspecified atom stereocenters. The second kappa shape index (κ2) is 7.64. The largest absolute Gasteiger partial charge is 0.497 e. The zero-order chi connectivity index (χ0) is 15.1. The van der Waals surface area contributed by atoms with Crippen LogP contribution in [0.25, 0.3) is 0 Å². The minimum atomic E-state index is 0.0776. The number of rotatable bonds is 7. The predicted molar refractivity (Wildman–Crippen MR) is 83.9 cm³/mol. The molecule has 4 nitrogen and oxygen atoms in total. The smallest absolute Gasteiger partial charge is 0.142 e. The summed E-state index contributed by atoms with van der Waals surface area (Å²) in [5.41, 5.74) is 2.26. The van der Waals surface area contributed by atoms with Crippen molar-refractivity contribution in [2.45, 2.75) is 19.4 Å². The summed E-state index contributed by atoms with van der Waals surface area (Å²) in [6, 6.07) is 10.2. The van der Waals surface area contributed by atoms with E-state index in [2.05, 4.69) is 29.4 Å². The second-order valence-corrected chi connectivity index (χ2v) is 4.78. The quantitative estimate of drug-likeness (QED) is 0.849. The molecule has 2 rings (SSSR count). The van der Waals surface area contributed by atoms with E-state index in [9.17, 15) is 0 Å². The summed E-state index contributed by atoms with van der Waals surface area (Å²) in [5.74, 6) is 1.65. The van der Waals surface area contributed by atoms with Gasteiger partial charge in [0.15, 0.2) is 0 Å². The molecular formula is C17H22N2O2. The Morgan fingerprint density at radius 1 is 1.10 bits per heavy atom. The van der Waals surface area contributed by atoms with E-state index < -0.39 is 0 Å². The molecule has 0 spiro atoms. The molecule has 0 bridgehead atoms. The van der Waals surface area contributed by atoms with E-state index in [1.807, 2.05) is 18.2 Å². The van der Waals surface area contributed by atoms with Crippen LogP contribution in [0.15, 0.2) is 42.7 Å². The fraction of sp³-hybridized carbons (Fsp3) is 0.353. The molecule has 1 N–H and O–H groups in total. The van der Waals surface area contributed by atoms with E-state index in [0.29, 0.717) is 0 Å². The summed E-state index contributed by atoms with van der Waals surface area (Å²) in [4.78, 5) is 4.13. The normalized spacial score (nSPS) is 12.0. The van der Waals surface area contributed by atoms with Crippen LogP contribution in [0.4, 0.5) is 0 Å². The highest BCUT2D eigenvalue weighted by Crippen LogP contribution is 2.30. The standard InChI is InChI=1S/C17H22N2O2/c1-4-10-19-17(13-5-7-14(20-2)8-6-13)15-9-11-18-12-16(15)21-3/h5-9,11-12,17,19H,4,10H2,1-3H3. The van der Waals surface area contributed by atoms with Crippen molar-refractivity contribution in [3.8, 4) is 11.5 Å². The third-order valence-corrected chi connectivity index (χ3v) is 3.39. The molecule has 1 atom stereocenters. The maximum atomic E-state index is 5.45. The lowest BCUT2D eigenvalue weighted by atomic mass is 9.98. The van der Waals surface area contributed by atoms with Gasteiger partial charge in [-0.25, -0.2) is 0 Å². The fourth-order valence-corrected chi connectivity index (χ4v) is 2.29. The zero-order valence-corrected chi connectivity index (χ0v) is 12.8. The Morgan fingerprint density at radius 3 is 2.48 bits per heavy atom. The Morgan fingerprint density at radius 2 is 1.86 bits per heavy atom. The number of benzene rings is 1. The van der Waals surface area contributed by atoms with Gasteiger partial charge in [-0.3, -0.25) is 4.98 Å². The molecule has 0 fully saturated rings. The Bertz CT molecular complexity index is 555. The molecular weight excluding hydrogens is 264 g/mol. The minimum absolute atomic E-state index is 0.0776. The predicted octanol–water partition coefficient (Wildman–Crippen LogP) is 3.19. The molecule has 1 aromatic carbocycles. The molecule has 1 aromatic heterocycles. The van der Waals surface area contributed by atoms with E-state index in [-0.39, 0.29) is 6.04 Å². The number of hydrogen-bond acceptors (Lipinski definition) is 4. The highest BCUT2D eigenvalue weighted by molar-refractivity contribution is 5.41. The van der Waals surface area contributed by atoms with Crippen molar-refractivity contribution in [2.24, 2.45) is 0 Å². The Kier molecular flexibility index (Phi) is 5.58. The van der Waals surface area contributed by atoms with Crippen LogP contribution in [0, 0.1) is 0 Å². The summed E-state index contributed by atoms with van der Waals surface area (Å²) in [5, 5.41) is 3.57. The van der Waals surface area contributed by atoms with E-state index in [1.165, 1.54) is 5.56 Å². The van der Waals surface area contributed by atoms with Gasteiger partial charge < -0.3 is 14.8 Å². The number of hydrogen-bond donors (Lipinski definition) is 1. The highest BCUT2D eigenvalue weighted by atomic mass is 16.5. The molecule has 0 saturated heterocycles. The number of nitrogens with zero attached hydrogens (tertiary/aromatic N) is 1. The van der Waals surface area contributed by atoms with Gasteiger partial charge >= 0.3 is 0 Å². The average Bonchev–Trinajstić information content (AvgIpc) is 2.56. The van der Waals surface area contributed by atoms with Gasteiger partial charge in [0.2, 0.25) is 0 Å². The molecule has 0 saturated carbocycles. The van der Waals surface area contributed by atoms with Crippen molar-refractivity contribution in [3.05, 3.63) is 53.9 Å². The van der Waals surface area contributed by atoms with Crippen LogP contribution in [-0.4, -0.2) is 25.7 Å². The zero-order valence-electron chi connectivity index (χ0n) is 12.8. The van der Waals surface area contributed by atoms with E-state index >= 15 is 0 Å². The average molecular weight is 286 g/mol. The monoisotopic (exact) mass is 286 g/mol. The molecule has 1 heterocycles. The van der Waals surface area contributed by atoms with Crippen LogP contribution in [0.3, 0.4) is 0 Å². The molecule has 0 aliphatic carbocycles. The van der Waals surface area contributed by atoms with Crippen molar-refractivity contribution in [2.75, 3.05) is 20.8 Å². The SMILES string of the molecule is CCCNC(c1ccc(OC)cc1)c1ccncc1OC. The first-order valence-electron chi connectivity index (χ1n) is 7.15. The lowest BCUT2D eigenvalue weighted by molar-refractivity contribution is 0.401. The van der Waals surface area contributed by atoms with Crippen LogP contribution in [0.2, 0.25) is 0 Å². The van der Waals surface area contributed by atoms with Crippen molar-refractivity contribution in [1.82, 2.24) is 10.3 Å². The first-order valence-corrected chi connectivity index (χ1v) is 7.15. The lowest BCUT2D eigenvalue weighted by Crippen LogP contribution is -2.23. The van der Waals surface area contributed by atoms with Gasteiger partial charge in [0, 0.05) is 11.8 Å². The molecule has 2 aromatic rings. The van der Waals surface area contributed by atoms with Crippen LogP contribution < -0.4 is 14.8 Å². The third-order valence-electron chi connectivity index (χ3n) is 3.39. The van der Waals surface area contributed by atoms with Gasteiger partial charge in [-0.05, 0) is 36.7 Å². The van der Waals surface area contributed by atoms with Crippen LogP contribution in [0.5, 0.6) is 11.5 Å². The van der Waals surface area contributed by atoms with Crippen molar-refractivity contribution in [1.29, 1.82) is 0 Å². The first kappa shape index (κ1) is 15.3. The summed E-state index contributed by atoms with van der Waals surface area (Å²) >= 11 is 0. The van der Waals surface area contributed by atoms with E-state index in [0.717, 1.165) is 30.0 Å². The van der Waals surface area contributed by atoms with Crippen molar-refractivity contribution >= 4 is 0 Å². The van der Waals surface area contributed by atoms with Crippen LogP contribution >= 0.6 is 0 Å². The fourth-order valence-electron chi connectivity index (χ4n) is 2.29. The molecule has 0 amide bonds. The van der Waals surface area contributed by atoms with Gasteiger partial charge in [0.1, 0.15) is 11.5 Å². The first-order chi connectivity index (χ1) is 10.3. The molecule has 0 aliphatic rings. The Labute approximate surface area is 126 Å². The van der Waals surface area contributed by atoms with Gasteiger partial charge in [-0.15, -0.1) is 0 Å². The van der Waals surface area contributed by atoms with E-state index in [4.69, 9.17) is 9.47 Å². The number of nitrogens with one attached hydrogen (secondary N) is 1.